The van der Waals surface area contributed by atoms with Crippen LogP contribution < -0.4 is 21.9 Å². The fraction of sp³-hybridized carbons (Fsp3) is 0.167. The number of carbonyl (C=O) groups is 4. The van der Waals surface area contributed by atoms with Gasteiger partial charge in [-0.1, -0.05) is 12.1 Å². The van der Waals surface area contributed by atoms with Gasteiger partial charge in [-0.05, 0) is 29.8 Å². The fourth-order valence-corrected chi connectivity index (χ4v) is 2.53. The number of pyridine rings is 1. The average molecular weight is 386 g/mol. The highest BCUT2D eigenvalue weighted by atomic mass is 16.4. The predicted molar refractivity (Wildman–Crippen MR) is 99.4 cm³/mol. The zero-order valence-corrected chi connectivity index (χ0v) is 14.8. The fourth-order valence-electron chi connectivity index (χ4n) is 2.53. The molecule has 2 rings (SSSR count). The van der Waals surface area contributed by atoms with E-state index < -0.39 is 47.3 Å². The normalized spacial score (nSPS) is 11.5. The summed E-state index contributed by atoms with van der Waals surface area (Å²) in [6.07, 6.45) is -0.405. The minimum absolute atomic E-state index is 0.214. The molecular weight excluding hydrogens is 368 g/mol. The average Bonchev–Trinajstić information content (AvgIpc) is 2.61. The standard InChI is InChI=1S/C18H18N4O6/c1-9(23)22(17(26)13(19)8-15(20)24)11-4-2-10(3-5-11)14-7-6-12(18(27)28)16(25)21-14/h2-7,13H,8,19H2,1H3,(H2,20,24)(H,21,25)(H,27,28)/t13-/m0/s1. The minimum Gasteiger partial charge on any atom is -0.477 e. The molecule has 1 atom stereocenters. The second-order valence-corrected chi connectivity index (χ2v) is 5.94. The molecule has 6 N–H and O–H groups in total. The molecule has 2 aromatic rings. The number of anilines is 1. The number of amides is 3. The summed E-state index contributed by atoms with van der Waals surface area (Å²) in [5.41, 5.74) is 10.6. The van der Waals surface area contributed by atoms with Gasteiger partial charge in [0.25, 0.3) is 11.5 Å². The van der Waals surface area contributed by atoms with E-state index in [1.807, 2.05) is 0 Å². The molecule has 0 spiro atoms. The molecule has 1 heterocycles. The lowest BCUT2D eigenvalue weighted by atomic mass is 10.1. The summed E-state index contributed by atoms with van der Waals surface area (Å²) in [5.74, 6) is -3.49. The molecular formula is C18H18N4O6. The van der Waals surface area contributed by atoms with Crippen molar-refractivity contribution in [1.82, 2.24) is 4.98 Å². The largest absolute Gasteiger partial charge is 0.477 e. The van der Waals surface area contributed by atoms with Crippen LogP contribution in [0, 0.1) is 0 Å². The molecule has 28 heavy (non-hydrogen) atoms. The van der Waals surface area contributed by atoms with Crippen LogP contribution in [0.2, 0.25) is 0 Å². The molecule has 0 bridgehead atoms. The first-order valence-corrected chi connectivity index (χ1v) is 8.07. The maximum atomic E-state index is 12.4. The Labute approximate surface area is 158 Å². The molecule has 146 valence electrons. The lowest BCUT2D eigenvalue weighted by Gasteiger charge is -2.22. The van der Waals surface area contributed by atoms with Gasteiger partial charge in [0.2, 0.25) is 11.8 Å². The molecule has 10 heteroatoms. The van der Waals surface area contributed by atoms with E-state index in [1.54, 1.807) is 0 Å². The van der Waals surface area contributed by atoms with Gasteiger partial charge in [0, 0.05) is 12.6 Å². The first-order chi connectivity index (χ1) is 13.1. The number of hydrogen-bond donors (Lipinski definition) is 4. The molecule has 0 radical (unpaired) electrons. The van der Waals surface area contributed by atoms with E-state index in [4.69, 9.17) is 16.6 Å². The van der Waals surface area contributed by atoms with Crippen molar-refractivity contribution in [2.24, 2.45) is 11.5 Å². The number of aromatic amines is 1. The Morgan fingerprint density at radius 2 is 1.71 bits per heavy atom. The van der Waals surface area contributed by atoms with Gasteiger partial charge in [-0.3, -0.25) is 19.2 Å². The zero-order chi connectivity index (χ0) is 21.0. The third-order valence-electron chi connectivity index (χ3n) is 3.85. The Kier molecular flexibility index (Phi) is 6.06. The Morgan fingerprint density at radius 1 is 1.11 bits per heavy atom. The summed E-state index contributed by atoms with van der Waals surface area (Å²) < 4.78 is 0. The number of nitrogens with zero attached hydrogens (tertiary/aromatic N) is 1. The van der Waals surface area contributed by atoms with Crippen LogP contribution in [-0.4, -0.2) is 39.8 Å². The van der Waals surface area contributed by atoms with Crippen molar-refractivity contribution in [3.05, 3.63) is 52.3 Å². The van der Waals surface area contributed by atoms with Crippen LogP contribution in [0.25, 0.3) is 11.3 Å². The van der Waals surface area contributed by atoms with Crippen LogP contribution >= 0.6 is 0 Å². The van der Waals surface area contributed by atoms with Crippen molar-refractivity contribution in [3.8, 4) is 11.3 Å². The van der Waals surface area contributed by atoms with Crippen molar-refractivity contribution in [1.29, 1.82) is 0 Å². The van der Waals surface area contributed by atoms with E-state index in [2.05, 4.69) is 4.98 Å². The second-order valence-electron chi connectivity index (χ2n) is 5.94. The number of hydrogen-bond acceptors (Lipinski definition) is 6. The van der Waals surface area contributed by atoms with E-state index in [-0.39, 0.29) is 5.69 Å². The third-order valence-corrected chi connectivity index (χ3v) is 3.85. The lowest BCUT2D eigenvalue weighted by Crippen LogP contribution is -2.47. The summed E-state index contributed by atoms with van der Waals surface area (Å²) >= 11 is 0. The first-order valence-electron chi connectivity index (χ1n) is 8.07. The molecule has 0 saturated carbocycles. The number of nitrogens with two attached hydrogens (primary N) is 2. The molecule has 10 nitrogen and oxygen atoms in total. The van der Waals surface area contributed by atoms with Crippen LogP contribution in [0.15, 0.2) is 41.2 Å². The topological polar surface area (TPSA) is 177 Å². The van der Waals surface area contributed by atoms with Gasteiger partial charge >= 0.3 is 5.97 Å². The summed E-state index contributed by atoms with van der Waals surface area (Å²) in [7, 11) is 0. The van der Waals surface area contributed by atoms with E-state index >= 15 is 0 Å². The van der Waals surface area contributed by atoms with Crippen molar-refractivity contribution in [2.75, 3.05) is 4.90 Å². The SMILES string of the molecule is CC(=O)N(C(=O)[C@@H](N)CC(N)=O)c1ccc(-c2ccc(C(=O)O)c(=O)[nH]2)cc1. The first kappa shape index (κ1) is 20.5. The number of benzene rings is 1. The summed E-state index contributed by atoms with van der Waals surface area (Å²) in [6, 6.07) is 7.31. The van der Waals surface area contributed by atoms with Crippen molar-refractivity contribution < 1.29 is 24.3 Å². The van der Waals surface area contributed by atoms with Gasteiger partial charge in [0.05, 0.1) is 18.2 Å². The molecule has 0 aliphatic carbocycles. The number of aromatic carboxylic acids is 1. The van der Waals surface area contributed by atoms with Crippen molar-refractivity contribution in [2.45, 2.75) is 19.4 Å². The summed E-state index contributed by atoms with van der Waals surface area (Å²) in [4.78, 5) is 61.2. The second kappa shape index (κ2) is 8.27. The van der Waals surface area contributed by atoms with E-state index in [0.29, 0.717) is 11.3 Å². The molecule has 0 unspecified atom stereocenters. The van der Waals surface area contributed by atoms with Crippen LogP contribution in [0.1, 0.15) is 23.7 Å². The molecule has 0 aliphatic heterocycles. The van der Waals surface area contributed by atoms with Gasteiger partial charge in [-0.25, -0.2) is 9.69 Å². The highest BCUT2D eigenvalue weighted by molar-refractivity contribution is 6.16. The number of carboxylic acids is 1. The van der Waals surface area contributed by atoms with Crippen LogP contribution in [0.5, 0.6) is 0 Å². The number of nitrogens with one attached hydrogen (secondary N) is 1. The number of rotatable bonds is 6. The van der Waals surface area contributed by atoms with Gasteiger partial charge in [-0.15, -0.1) is 0 Å². The van der Waals surface area contributed by atoms with Gasteiger partial charge in [-0.2, -0.15) is 0 Å². The number of primary amides is 1. The highest BCUT2D eigenvalue weighted by Crippen LogP contribution is 2.22. The van der Waals surface area contributed by atoms with Gasteiger partial charge < -0.3 is 21.6 Å². The van der Waals surface area contributed by atoms with Crippen LogP contribution in [0.3, 0.4) is 0 Å². The Hall–Kier alpha value is -3.79. The highest BCUT2D eigenvalue weighted by Gasteiger charge is 2.27. The monoisotopic (exact) mass is 386 g/mol. The molecule has 1 aromatic carbocycles. The Balaban J connectivity index is 2.33. The van der Waals surface area contributed by atoms with Gasteiger partial charge in [0.15, 0.2) is 0 Å². The Bertz CT molecular complexity index is 996. The smallest absolute Gasteiger partial charge is 0.341 e. The number of carboxylic acid groups (broad SMARTS) is 1. The maximum absolute atomic E-state index is 12.4. The Morgan fingerprint density at radius 3 is 2.18 bits per heavy atom. The van der Waals surface area contributed by atoms with Crippen LogP contribution in [-0.2, 0) is 14.4 Å². The quantitative estimate of drug-likeness (QED) is 0.532. The molecule has 1 aromatic heterocycles. The minimum atomic E-state index is -1.34. The number of imide groups is 1. The van der Waals surface area contributed by atoms with Crippen LogP contribution in [0.4, 0.5) is 5.69 Å². The maximum Gasteiger partial charge on any atom is 0.341 e. The molecule has 3 amide bonds. The van der Waals surface area contributed by atoms with Gasteiger partial charge in [0.1, 0.15) is 5.56 Å². The number of H-pyrrole nitrogens is 1. The molecule has 0 saturated heterocycles. The summed E-state index contributed by atoms with van der Waals surface area (Å²) in [6.45, 7) is 1.17. The van der Waals surface area contributed by atoms with Crippen molar-refractivity contribution in [3.63, 3.8) is 0 Å². The van der Waals surface area contributed by atoms with Crippen molar-refractivity contribution >= 4 is 29.4 Å². The lowest BCUT2D eigenvalue weighted by molar-refractivity contribution is -0.128. The van der Waals surface area contributed by atoms with E-state index in [9.17, 15) is 24.0 Å². The zero-order valence-electron chi connectivity index (χ0n) is 14.8. The molecule has 0 aliphatic rings. The number of carbonyl (C=O) groups excluding carboxylic acids is 3. The van der Waals surface area contributed by atoms with E-state index in [1.165, 1.54) is 43.3 Å². The summed E-state index contributed by atoms with van der Waals surface area (Å²) in [5, 5.41) is 8.90. The third kappa shape index (κ3) is 4.48. The van der Waals surface area contributed by atoms with E-state index in [0.717, 1.165) is 4.90 Å². The molecule has 0 fully saturated rings. The predicted octanol–water partition coefficient (Wildman–Crippen LogP) is -0.178. The number of aromatic nitrogens is 1.